The highest BCUT2D eigenvalue weighted by atomic mass is 32.1. The Morgan fingerprint density at radius 2 is 1.87 bits per heavy atom. The van der Waals surface area contributed by atoms with Crippen LogP contribution in [0.2, 0.25) is 0 Å². The average molecular weight is 438 g/mol. The highest BCUT2D eigenvalue weighted by molar-refractivity contribution is 7.16. The number of amides is 1. The number of hydrogen-bond acceptors (Lipinski definition) is 6. The molecule has 1 N–H and O–H groups in total. The molecule has 2 fully saturated rings. The van der Waals surface area contributed by atoms with Crippen molar-refractivity contribution in [2.24, 2.45) is 4.99 Å². The van der Waals surface area contributed by atoms with Crippen LogP contribution < -0.4 is 5.32 Å². The third-order valence-electron chi connectivity index (χ3n) is 6.47. The molecule has 3 aliphatic rings. The normalized spacial score (nSPS) is 19.0. The first kappa shape index (κ1) is 20.5. The van der Waals surface area contributed by atoms with E-state index in [9.17, 15) is 4.79 Å². The maximum atomic E-state index is 11.7. The molecule has 1 amide bonds. The van der Waals surface area contributed by atoms with Gasteiger partial charge in [-0.3, -0.25) is 9.69 Å². The molecule has 1 aromatic heterocycles. The number of thiophene rings is 1. The highest BCUT2D eigenvalue weighted by Crippen LogP contribution is 2.39. The molecule has 31 heavy (non-hydrogen) atoms. The smallest absolute Gasteiger partial charge is 0.222 e. The molecular weight excluding hydrogens is 406 g/mol. The van der Waals surface area contributed by atoms with E-state index < -0.39 is 0 Å². The zero-order chi connectivity index (χ0) is 21.2. The van der Waals surface area contributed by atoms with Gasteiger partial charge in [0, 0.05) is 50.6 Å². The van der Waals surface area contributed by atoms with Crippen LogP contribution in [0, 0.1) is 6.92 Å². The van der Waals surface area contributed by atoms with Gasteiger partial charge in [0.15, 0.2) is 0 Å². The van der Waals surface area contributed by atoms with Crippen LogP contribution in [0.4, 0.5) is 16.4 Å². The van der Waals surface area contributed by atoms with E-state index in [-0.39, 0.29) is 0 Å². The number of fused-ring (bicyclic) bond motifs is 2. The Bertz CT molecular complexity index is 976. The molecule has 0 unspecified atom stereocenters. The summed E-state index contributed by atoms with van der Waals surface area (Å²) in [5.74, 6) is 1.45. The summed E-state index contributed by atoms with van der Waals surface area (Å²) in [6.07, 6.45) is 4.06. The van der Waals surface area contributed by atoms with Gasteiger partial charge < -0.3 is 15.1 Å². The first-order chi connectivity index (χ1) is 15.2. The summed E-state index contributed by atoms with van der Waals surface area (Å²) in [7, 11) is 0. The summed E-state index contributed by atoms with van der Waals surface area (Å²) in [5.41, 5.74) is 3.32. The van der Waals surface area contributed by atoms with Crippen molar-refractivity contribution >= 4 is 39.5 Å². The second kappa shape index (κ2) is 9.01. The van der Waals surface area contributed by atoms with Crippen LogP contribution in [0.15, 0.2) is 35.3 Å². The van der Waals surface area contributed by atoms with Crippen LogP contribution in [-0.4, -0.2) is 72.3 Å². The van der Waals surface area contributed by atoms with Gasteiger partial charge in [0.2, 0.25) is 5.91 Å². The van der Waals surface area contributed by atoms with Gasteiger partial charge in [-0.2, -0.15) is 0 Å². The Morgan fingerprint density at radius 3 is 2.68 bits per heavy atom. The van der Waals surface area contributed by atoms with E-state index in [0.29, 0.717) is 5.91 Å². The molecule has 164 valence electrons. The summed E-state index contributed by atoms with van der Waals surface area (Å²) < 4.78 is 0. The third-order valence-corrected chi connectivity index (χ3v) is 7.44. The predicted octanol–water partition coefficient (Wildman–Crippen LogP) is 4.21. The van der Waals surface area contributed by atoms with Gasteiger partial charge >= 0.3 is 0 Å². The molecule has 0 saturated carbocycles. The lowest BCUT2D eigenvalue weighted by Gasteiger charge is -2.36. The number of anilines is 2. The average Bonchev–Trinajstić information content (AvgIpc) is 3.31. The van der Waals surface area contributed by atoms with Crippen molar-refractivity contribution in [1.29, 1.82) is 0 Å². The monoisotopic (exact) mass is 437 g/mol. The molecule has 0 spiro atoms. The number of carbonyl (C=O) groups excluding carboxylic acids is 1. The fourth-order valence-electron chi connectivity index (χ4n) is 4.75. The zero-order valence-corrected chi connectivity index (χ0v) is 19.1. The summed E-state index contributed by atoms with van der Waals surface area (Å²) >= 11 is 1.80. The molecule has 0 aliphatic carbocycles. The van der Waals surface area contributed by atoms with Gasteiger partial charge in [-0.1, -0.05) is 12.1 Å². The molecule has 0 atom stereocenters. The number of nitrogens with zero attached hydrogens (tertiary/aromatic N) is 4. The lowest BCUT2D eigenvalue weighted by molar-refractivity contribution is -0.127. The Hall–Kier alpha value is -2.38. The van der Waals surface area contributed by atoms with Gasteiger partial charge in [-0.25, -0.2) is 4.99 Å². The van der Waals surface area contributed by atoms with E-state index in [2.05, 4.69) is 52.4 Å². The zero-order valence-electron chi connectivity index (χ0n) is 18.3. The summed E-state index contributed by atoms with van der Waals surface area (Å²) in [6, 6.07) is 10.6. The number of rotatable bonds is 5. The fraction of sp³-hybridized carbons (Fsp3) is 0.500. The maximum absolute atomic E-state index is 11.7. The number of para-hydroxylation sites is 2. The van der Waals surface area contributed by atoms with Crippen LogP contribution >= 0.6 is 11.3 Å². The minimum Gasteiger partial charge on any atom is -0.353 e. The number of unbranched alkanes of at least 4 members (excludes halogenated alkanes) is 1. The van der Waals surface area contributed by atoms with E-state index in [4.69, 9.17) is 4.99 Å². The quantitative estimate of drug-likeness (QED) is 0.712. The standard InChI is InChI=1S/C24H31N5OS/c1-18-17-19-23(25-20-7-2-3-8-21(20)26-24(19)31-18)29-15-13-27(14-16-29)10-4-5-11-28-12-6-9-22(28)30/h2-3,7-8,17,26H,4-6,9-16H2,1H3. The number of likely N-dealkylation sites (tertiary alicyclic amines) is 1. The van der Waals surface area contributed by atoms with Crippen LogP contribution in [0.1, 0.15) is 36.1 Å². The van der Waals surface area contributed by atoms with Crippen molar-refractivity contribution in [2.75, 3.05) is 51.1 Å². The van der Waals surface area contributed by atoms with Gasteiger partial charge in [0.05, 0.1) is 16.9 Å². The highest BCUT2D eigenvalue weighted by Gasteiger charge is 2.26. The maximum Gasteiger partial charge on any atom is 0.222 e. The van der Waals surface area contributed by atoms with Gasteiger partial charge in [-0.15, -0.1) is 11.3 Å². The fourth-order valence-corrected chi connectivity index (χ4v) is 5.67. The molecule has 2 saturated heterocycles. The predicted molar refractivity (Wildman–Crippen MR) is 128 cm³/mol. The van der Waals surface area contributed by atoms with Gasteiger partial charge in [-0.05, 0) is 50.9 Å². The van der Waals surface area contributed by atoms with E-state index in [1.807, 2.05) is 4.90 Å². The minimum atomic E-state index is 0.344. The molecule has 5 rings (SSSR count). The number of aryl methyl sites for hydroxylation is 1. The number of amidine groups is 1. The summed E-state index contributed by atoms with van der Waals surface area (Å²) in [5, 5.41) is 4.80. The number of hydrogen-bond donors (Lipinski definition) is 1. The molecule has 4 heterocycles. The van der Waals surface area contributed by atoms with E-state index in [1.54, 1.807) is 11.3 Å². The largest absolute Gasteiger partial charge is 0.353 e. The molecule has 6 nitrogen and oxygen atoms in total. The summed E-state index contributed by atoms with van der Waals surface area (Å²) in [6.45, 7) is 9.31. The number of benzene rings is 1. The SMILES string of the molecule is Cc1cc2c(s1)Nc1ccccc1N=C2N1CCN(CCCCN2CCCC2=O)CC1. The Morgan fingerprint density at radius 1 is 1.06 bits per heavy atom. The Balaban J connectivity index is 1.20. The van der Waals surface area contributed by atoms with Crippen LogP contribution in [-0.2, 0) is 4.79 Å². The van der Waals surface area contributed by atoms with Gasteiger partial charge in [0.1, 0.15) is 10.8 Å². The lowest BCUT2D eigenvalue weighted by atomic mass is 10.2. The first-order valence-corrected chi connectivity index (χ1v) is 12.3. The van der Waals surface area contributed by atoms with Crippen molar-refractivity contribution in [3.05, 3.63) is 40.8 Å². The van der Waals surface area contributed by atoms with Crippen LogP contribution in [0.25, 0.3) is 0 Å². The van der Waals surface area contributed by atoms with Crippen molar-refractivity contribution in [1.82, 2.24) is 14.7 Å². The second-order valence-electron chi connectivity index (χ2n) is 8.70. The number of piperazine rings is 1. The molecule has 1 aromatic carbocycles. The number of aliphatic imine (C=N–C) groups is 1. The Kier molecular flexibility index (Phi) is 5.96. The molecule has 3 aliphatic heterocycles. The topological polar surface area (TPSA) is 51.2 Å². The van der Waals surface area contributed by atoms with E-state index in [1.165, 1.54) is 15.4 Å². The number of nitrogens with one attached hydrogen (secondary N) is 1. The number of carbonyl (C=O) groups is 1. The summed E-state index contributed by atoms with van der Waals surface area (Å²) in [4.78, 5) is 25.2. The third kappa shape index (κ3) is 4.48. The minimum absolute atomic E-state index is 0.344. The molecule has 2 aromatic rings. The Labute approximate surface area is 188 Å². The second-order valence-corrected chi connectivity index (χ2v) is 9.95. The van der Waals surface area contributed by atoms with E-state index in [0.717, 1.165) is 88.7 Å². The van der Waals surface area contributed by atoms with Crippen molar-refractivity contribution in [3.63, 3.8) is 0 Å². The van der Waals surface area contributed by atoms with Crippen LogP contribution in [0.5, 0.6) is 0 Å². The van der Waals surface area contributed by atoms with Crippen LogP contribution in [0.3, 0.4) is 0 Å². The van der Waals surface area contributed by atoms with Gasteiger partial charge in [0.25, 0.3) is 0 Å². The van der Waals surface area contributed by atoms with Crippen molar-refractivity contribution < 1.29 is 4.79 Å². The van der Waals surface area contributed by atoms with E-state index >= 15 is 0 Å². The first-order valence-electron chi connectivity index (χ1n) is 11.5. The molecular formula is C24H31N5OS. The van der Waals surface area contributed by atoms with Crippen molar-refractivity contribution in [2.45, 2.75) is 32.6 Å². The molecule has 0 radical (unpaired) electrons. The lowest BCUT2D eigenvalue weighted by Crippen LogP contribution is -2.49. The molecule has 0 bridgehead atoms. The van der Waals surface area contributed by atoms with Crippen molar-refractivity contribution in [3.8, 4) is 0 Å². The molecule has 7 heteroatoms.